The van der Waals surface area contributed by atoms with Gasteiger partial charge >= 0.3 is 0 Å². The van der Waals surface area contributed by atoms with Crippen molar-refractivity contribution in [2.45, 2.75) is 19.3 Å². The molecule has 0 radical (unpaired) electrons. The highest BCUT2D eigenvalue weighted by atomic mass is 16.5. The third-order valence-corrected chi connectivity index (χ3v) is 3.31. The predicted molar refractivity (Wildman–Crippen MR) is 78.2 cm³/mol. The molecule has 0 heterocycles. The summed E-state index contributed by atoms with van der Waals surface area (Å²) in [4.78, 5) is 11.5. The van der Waals surface area contributed by atoms with Crippen LogP contribution in [-0.2, 0) is 4.79 Å². The Bertz CT molecular complexity index is 570. The molecule has 2 rings (SSSR count). The molecule has 2 aromatic rings. The second-order valence-electron chi connectivity index (χ2n) is 4.82. The van der Waals surface area contributed by atoms with Crippen LogP contribution < -0.4 is 4.74 Å². The van der Waals surface area contributed by atoms with Crippen LogP contribution in [-0.4, -0.2) is 18.0 Å². The molecule has 2 aromatic carbocycles. The van der Waals surface area contributed by atoms with Crippen molar-refractivity contribution in [1.82, 2.24) is 0 Å². The molecule has 0 aliphatic heterocycles. The number of rotatable bonds is 5. The zero-order chi connectivity index (χ0) is 14.5. The maximum atomic E-state index is 11.5. The number of phenols is 1. The number of ketones is 1. The molecule has 0 spiro atoms. The van der Waals surface area contributed by atoms with E-state index in [4.69, 9.17) is 4.74 Å². The third-order valence-electron chi connectivity index (χ3n) is 3.31. The van der Waals surface area contributed by atoms with Gasteiger partial charge in [-0.3, -0.25) is 4.79 Å². The van der Waals surface area contributed by atoms with Crippen LogP contribution in [0.4, 0.5) is 0 Å². The highest BCUT2D eigenvalue weighted by molar-refractivity contribution is 5.77. The number of ether oxygens (including phenoxy) is 1. The molecule has 0 aliphatic carbocycles. The van der Waals surface area contributed by atoms with Crippen LogP contribution >= 0.6 is 0 Å². The monoisotopic (exact) mass is 270 g/mol. The summed E-state index contributed by atoms with van der Waals surface area (Å²) in [5.41, 5.74) is 2.08. The summed E-state index contributed by atoms with van der Waals surface area (Å²) in [7, 11) is 1.63. The Hall–Kier alpha value is -2.29. The molecule has 0 bridgehead atoms. The molecule has 0 aromatic heterocycles. The fourth-order valence-corrected chi connectivity index (χ4v) is 2.26. The van der Waals surface area contributed by atoms with E-state index in [0.29, 0.717) is 6.42 Å². The molecule has 1 atom stereocenters. The Kier molecular flexibility index (Phi) is 4.41. The Morgan fingerprint density at radius 2 is 1.55 bits per heavy atom. The van der Waals surface area contributed by atoms with Gasteiger partial charge in [-0.1, -0.05) is 24.3 Å². The molecule has 0 aliphatic rings. The van der Waals surface area contributed by atoms with Crippen molar-refractivity contribution in [3.05, 3.63) is 59.7 Å². The highest BCUT2D eigenvalue weighted by Gasteiger charge is 2.16. The predicted octanol–water partition coefficient (Wildman–Crippen LogP) is 3.51. The van der Waals surface area contributed by atoms with Crippen LogP contribution in [0.3, 0.4) is 0 Å². The van der Waals surface area contributed by atoms with Crippen LogP contribution in [0.15, 0.2) is 48.5 Å². The van der Waals surface area contributed by atoms with E-state index in [1.54, 1.807) is 26.2 Å². The van der Waals surface area contributed by atoms with Crippen molar-refractivity contribution < 1.29 is 14.6 Å². The quantitative estimate of drug-likeness (QED) is 0.904. The molecular formula is C17H18O3. The summed E-state index contributed by atoms with van der Waals surface area (Å²) >= 11 is 0. The summed E-state index contributed by atoms with van der Waals surface area (Å²) in [6.45, 7) is 1.59. The summed E-state index contributed by atoms with van der Waals surface area (Å²) < 4.78 is 5.15. The summed E-state index contributed by atoms with van der Waals surface area (Å²) in [5.74, 6) is 1.16. The average molecular weight is 270 g/mol. The standard InChI is InChI=1S/C17H18O3/c1-12(18)11-17(13-3-7-15(19)8-4-13)14-5-9-16(20-2)10-6-14/h3-10,17,19H,11H2,1-2H3. The van der Waals surface area contributed by atoms with Crippen LogP contribution in [0, 0.1) is 0 Å². The van der Waals surface area contributed by atoms with E-state index in [-0.39, 0.29) is 17.5 Å². The van der Waals surface area contributed by atoms with Gasteiger partial charge in [0.15, 0.2) is 0 Å². The Morgan fingerprint density at radius 1 is 1.05 bits per heavy atom. The Balaban J connectivity index is 2.35. The molecule has 3 heteroatoms. The number of carbonyl (C=O) groups excluding carboxylic acids is 1. The number of methoxy groups -OCH3 is 1. The third kappa shape index (κ3) is 3.38. The number of hydrogen-bond acceptors (Lipinski definition) is 3. The summed E-state index contributed by atoms with van der Waals surface area (Å²) in [5, 5.41) is 9.38. The van der Waals surface area contributed by atoms with Crippen molar-refractivity contribution in [1.29, 1.82) is 0 Å². The first-order valence-corrected chi connectivity index (χ1v) is 6.52. The van der Waals surface area contributed by atoms with Gasteiger partial charge in [0.1, 0.15) is 17.3 Å². The molecule has 104 valence electrons. The number of aromatic hydroxyl groups is 1. The van der Waals surface area contributed by atoms with E-state index in [2.05, 4.69) is 0 Å². The van der Waals surface area contributed by atoms with Gasteiger partial charge in [0.05, 0.1) is 7.11 Å². The molecular weight excluding hydrogens is 252 g/mol. The lowest BCUT2D eigenvalue weighted by atomic mass is 9.87. The van der Waals surface area contributed by atoms with Gasteiger partial charge in [-0.05, 0) is 42.3 Å². The van der Waals surface area contributed by atoms with E-state index in [0.717, 1.165) is 16.9 Å². The van der Waals surface area contributed by atoms with Gasteiger partial charge in [-0.2, -0.15) is 0 Å². The van der Waals surface area contributed by atoms with Gasteiger partial charge < -0.3 is 9.84 Å². The van der Waals surface area contributed by atoms with Crippen LogP contribution in [0.2, 0.25) is 0 Å². The first kappa shape index (κ1) is 14.1. The zero-order valence-electron chi connectivity index (χ0n) is 11.7. The lowest BCUT2D eigenvalue weighted by molar-refractivity contribution is -0.117. The number of benzene rings is 2. The first-order chi connectivity index (χ1) is 9.60. The lowest BCUT2D eigenvalue weighted by Crippen LogP contribution is -2.06. The van der Waals surface area contributed by atoms with Crippen molar-refractivity contribution >= 4 is 5.78 Å². The largest absolute Gasteiger partial charge is 0.508 e. The van der Waals surface area contributed by atoms with Crippen LogP contribution in [0.5, 0.6) is 11.5 Å². The van der Waals surface area contributed by atoms with Crippen LogP contribution in [0.1, 0.15) is 30.4 Å². The van der Waals surface area contributed by atoms with Gasteiger partial charge in [-0.25, -0.2) is 0 Å². The minimum atomic E-state index is -0.000920. The molecule has 20 heavy (non-hydrogen) atoms. The second kappa shape index (κ2) is 6.24. The number of carbonyl (C=O) groups is 1. The van der Waals surface area contributed by atoms with E-state index in [1.807, 2.05) is 36.4 Å². The van der Waals surface area contributed by atoms with Crippen LogP contribution in [0.25, 0.3) is 0 Å². The number of hydrogen-bond donors (Lipinski definition) is 1. The molecule has 0 saturated carbocycles. The maximum absolute atomic E-state index is 11.5. The minimum Gasteiger partial charge on any atom is -0.508 e. The zero-order valence-corrected chi connectivity index (χ0v) is 11.7. The number of phenolic OH excluding ortho intramolecular Hbond substituents is 1. The molecule has 0 saturated heterocycles. The fourth-order valence-electron chi connectivity index (χ4n) is 2.26. The Labute approximate surface area is 118 Å². The van der Waals surface area contributed by atoms with Crippen molar-refractivity contribution in [3.8, 4) is 11.5 Å². The topological polar surface area (TPSA) is 46.5 Å². The SMILES string of the molecule is COc1ccc(C(CC(C)=O)c2ccc(O)cc2)cc1. The maximum Gasteiger partial charge on any atom is 0.130 e. The Morgan fingerprint density at radius 3 is 2.00 bits per heavy atom. The summed E-state index contributed by atoms with van der Waals surface area (Å²) in [6.07, 6.45) is 0.442. The first-order valence-electron chi connectivity index (χ1n) is 6.52. The minimum absolute atomic E-state index is 0.000920. The molecule has 1 unspecified atom stereocenters. The van der Waals surface area contributed by atoms with E-state index < -0.39 is 0 Å². The van der Waals surface area contributed by atoms with Gasteiger partial charge in [0.2, 0.25) is 0 Å². The van der Waals surface area contributed by atoms with E-state index in [1.165, 1.54) is 0 Å². The lowest BCUT2D eigenvalue weighted by Gasteiger charge is -2.17. The highest BCUT2D eigenvalue weighted by Crippen LogP contribution is 2.30. The van der Waals surface area contributed by atoms with Crippen molar-refractivity contribution in [2.24, 2.45) is 0 Å². The molecule has 3 nitrogen and oxygen atoms in total. The molecule has 0 amide bonds. The van der Waals surface area contributed by atoms with E-state index in [9.17, 15) is 9.90 Å². The van der Waals surface area contributed by atoms with Gasteiger partial charge in [-0.15, -0.1) is 0 Å². The normalized spacial score (nSPS) is 11.9. The summed E-state index contributed by atoms with van der Waals surface area (Å²) in [6, 6.07) is 14.7. The molecule has 1 N–H and O–H groups in total. The smallest absolute Gasteiger partial charge is 0.130 e. The van der Waals surface area contributed by atoms with Crippen molar-refractivity contribution in [3.63, 3.8) is 0 Å². The van der Waals surface area contributed by atoms with Crippen molar-refractivity contribution in [2.75, 3.05) is 7.11 Å². The fraction of sp³-hybridized carbons (Fsp3) is 0.235. The number of Topliss-reactive ketones (excluding diaryl/α,β-unsaturated/α-hetero) is 1. The molecule has 0 fully saturated rings. The van der Waals surface area contributed by atoms with E-state index >= 15 is 0 Å². The average Bonchev–Trinajstić information content (AvgIpc) is 2.46. The van der Waals surface area contributed by atoms with Gasteiger partial charge in [0, 0.05) is 12.3 Å². The van der Waals surface area contributed by atoms with Gasteiger partial charge in [0.25, 0.3) is 0 Å². The second-order valence-corrected chi connectivity index (χ2v) is 4.82.